The number of anilines is 4. The van der Waals surface area contributed by atoms with Crippen LogP contribution in [0.25, 0.3) is 0 Å². The zero-order valence-corrected chi connectivity index (χ0v) is 16.1. The van der Waals surface area contributed by atoms with Gasteiger partial charge < -0.3 is 10.6 Å². The number of nitrogens with one attached hydrogen (secondary N) is 3. The topological polar surface area (TPSA) is 113 Å². The van der Waals surface area contributed by atoms with Crippen molar-refractivity contribution in [2.24, 2.45) is 0 Å². The van der Waals surface area contributed by atoms with E-state index in [-0.39, 0.29) is 17.3 Å². The Balaban J connectivity index is 0.00000243. The molecule has 8 nitrogen and oxygen atoms in total. The van der Waals surface area contributed by atoms with Gasteiger partial charge in [-0.05, 0) is 38.1 Å². The maximum atomic E-state index is 11.6. The minimum atomic E-state index is -3.27. The standard InChI is InChI=1S/C16H18N6O2S.ClH/c1-10-11(2)21-22-15(10)19-14-7-8-17-16(20-14)18-12-5-4-6-13(9-12)25(3,23)24;/h4-9H,1-3H3,(H3,17,18,19,20,21,22);1H. The Kier molecular flexibility index (Phi) is 5.83. The normalized spacial score (nSPS) is 10.9. The molecule has 0 unspecified atom stereocenters. The number of aromatic nitrogens is 4. The minimum Gasteiger partial charge on any atom is -0.324 e. The van der Waals surface area contributed by atoms with E-state index in [0.29, 0.717) is 23.3 Å². The second-order valence-electron chi connectivity index (χ2n) is 5.64. The third-order valence-corrected chi connectivity index (χ3v) is 4.78. The van der Waals surface area contributed by atoms with Gasteiger partial charge in [0, 0.05) is 29.4 Å². The molecule has 0 aliphatic rings. The summed E-state index contributed by atoms with van der Waals surface area (Å²) in [6.07, 6.45) is 2.77. The molecule has 0 atom stereocenters. The van der Waals surface area contributed by atoms with Crippen LogP contribution < -0.4 is 10.6 Å². The van der Waals surface area contributed by atoms with E-state index < -0.39 is 9.84 Å². The number of aromatic amines is 1. The van der Waals surface area contributed by atoms with Crippen LogP contribution in [0.15, 0.2) is 41.4 Å². The summed E-state index contributed by atoms with van der Waals surface area (Å²) in [4.78, 5) is 8.76. The number of nitrogens with zero attached hydrogens (tertiary/aromatic N) is 3. The SMILES string of the molecule is Cc1[nH]nc(Nc2ccnc(Nc3cccc(S(C)(=O)=O)c3)n2)c1C.Cl. The van der Waals surface area contributed by atoms with Crippen LogP contribution in [0.3, 0.4) is 0 Å². The van der Waals surface area contributed by atoms with Crippen LogP contribution in [0.2, 0.25) is 0 Å². The van der Waals surface area contributed by atoms with Crippen molar-refractivity contribution in [3.8, 4) is 0 Å². The van der Waals surface area contributed by atoms with Crippen LogP contribution in [-0.4, -0.2) is 34.8 Å². The van der Waals surface area contributed by atoms with Gasteiger partial charge in [-0.25, -0.2) is 13.4 Å². The van der Waals surface area contributed by atoms with Crippen LogP contribution in [0.5, 0.6) is 0 Å². The first-order valence-corrected chi connectivity index (χ1v) is 9.41. The summed E-state index contributed by atoms with van der Waals surface area (Å²) < 4.78 is 23.3. The first-order chi connectivity index (χ1) is 11.8. The van der Waals surface area contributed by atoms with E-state index in [1.165, 1.54) is 6.26 Å². The third kappa shape index (κ3) is 4.50. The lowest BCUT2D eigenvalue weighted by Crippen LogP contribution is -2.02. The van der Waals surface area contributed by atoms with Gasteiger partial charge in [-0.15, -0.1) is 12.4 Å². The number of halogens is 1. The summed E-state index contributed by atoms with van der Waals surface area (Å²) in [5.41, 5.74) is 2.58. The van der Waals surface area contributed by atoms with Gasteiger partial charge in [-0.3, -0.25) is 5.10 Å². The lowest BCUT2D eigenvalue weighted by atomic mass is 10.3. The molecule has 3 aromatic rings. The lowest BCUT2D eigenvalue weighted by molar-refractivity contribution is 0.602. The number of hydrogen-bond acceptors (Lipinski definition) is 7. The minimum absolute atomic E-state index is 0. The highest BCUT2D eigenvalue weighted by Crippen LogP contribution is 2.21. The van der Waals surface area contributed by atoms with Crippen molar-refractivity contribution < 1.29 is 8.42 Å². The van der Waals surface area contributed by atoms with Crippen LogP contribution in [0, 0.1) is 13.8 Å². The molecule has 2 heterocycles. The van der Waals surface area contributed by atoms with E-state index in [2.05, 4.69) is 30.8 Å². The number of rotatable bonds is 5. The van der Waals surface area contributed by atoms with E-state index in [0.717, 1.165) is 11.3 Å². The van der Waals surface area contributed by atoms with E-state index in [1.54, 1.807) is 36.5 Å². The van der Waals surface area contributed by atoms with E-state index >= 15 is 0 Å². The predicted molar refractivity (Wildman–Crippen MR) is 103 cm³/mol. The van der Waals surface area contributed by atoms with Crippen molar-refractivity contribution in [2.45, 2.75) is 18.7 Å². The average Bonchev–Trinajstić information content (AvgIpc) is 2.87. The monoisotopic (exact) mass is 394 g/mol. The largest absolute Gasteiger partial charge is 0.324 e. The molecule has 0 aliphatic heterocycles. The lowest BCUT2D eigenvalue weighted by Gasteiger charge is -2.08. The molecule has 0 saturated carbocycles. The summed E-state index contributed by atoms with van der Waals surface area (Å²) >= 11 is 0. The van der Waals surface area contributed by atoms with E-state index in [9.17, 15) is 8.42 Å². The highest BCUT2D eigenvalue weighted by Gasteiger charge is 2.09. The Labute approximate surface area is 157 Å². The Morgan fingerprint density at radius 2 is 1.88 bits per heavy atom. The fraction of sp³-hybridized carbons (Fsp3) is 0.188. The molecule has 26 heavy (non-hydrogen) atoms. The number of H-pyrrole nitrogens is 1. The van der Waals surface area contributed by atoms with Gasteiger partial charge in [0.25, 0.3) is 0 Å². The second kappa shape index (κ2) is 7.71. The zero-order chi connectivity index (χ0) is 18.0. The highest BCUT2D eigenvalue weighted by molar-refractivity contribution is 7.90. The molecule has 1 aromatic carbocycles. The first-order valence-electron chi connectivity index (χ1n) is 7.52. The summed E-state index contributed by atoms with van der Waals surface area (Å²) in [5.74, 6) is 1.62. The highest BCUT2D eigenvalue weighted by atomic mass is 35.5. The predicted octanol–water partition coefficient (Wildman–Crippen LogP) is 3.13. The molecule has 0 bridgehead atoms. The van der Waals surface area contributed by atoms with E-state index in [1.807, 2.05) is 13.8 Å². The average molecular weight is 395 g/mol. The smallest absolute Gasteiger partial charge is 0.229 e. The molecule has 10 heteroatoms. The number of hydrogen-bond donors (Lipinski definition) is 3. The van der Waals surface area contributed by atoms with Crippen molar-refractivity contribution in [3.05, 3.63) is 47.8 Å². The van der Waals surface area contributed by atoms with Gasteiger partial charge in [0.2, 0.25) is 5.95 Å². The maximum absolute atomic E-state index is 11.6. The Hall–Kier alpha value is -2.65. The van der Waals surface area contributed by atoms with Crippen LogP contribution in [0.1, 0.15) is 11.3 Å². The fourth-order valence-corrected chi connectivity index (χ4v) is 2.82. The van der Waals surface area contributed by atoms with Gasteiger partial charge in [0.15, 0.2) is 15.7 Å². The summed E-state index contributed by atoms with van der Waals surface area (Å²) in [6, 6.07) is 8.22. The van der Waals surface area contributed by atoms with Gasteiger partial charge in [-0.2, -0.15) is 10.1 Å². The van der Waals surface area contributed by atoms with Crippen molar-refractivity contribution >= 4 is 45.5 Å². The molecule has 0 amide bonds. The molecule has 138 valence electrons. The Morgan fingerprint density at radius 3 is 2.54 bits per heavy atom. The molecule has 2 aromatic heterocycles. The molecular formula is C16H19ClN6O2S. The molecule has 0 radical (unpaired) electrons. The Bertz CT molecular complexity index is 1020. The van der Waals surface area contributed by atoms with Crippen molar-refractivity contribution in [1.82, 2.24) is 20.2 Å². The van der Waals surface area contributed by atoms with Crippen LogP contribution >= 0.6 is 12.4 Å². The number of aryl methyl sites for hydroxylation is 1. The van der Waals surface area contributed by atoms with Crippen LogP contribution in [-0.2, 0) is 9.84 Å². The van der Waals surface area contributed by atoms with Gasteiger partial charge >= 0.3 is 0 Å². The molecule has 0 spiro atoms. The van der Waals surface area contributed by atoms with Gasteiger partial charge in [-0.1, -0.05) is 6.07 Å². The number of benzene rings is 1. The fourth-order valence-electron chi connectivity index (χ4n) is 2.15. The second-order valence-corrected chi connectivity index (χ2v) is 7.65. The summed E-state index contributed by atoms with van der Waals surface area (Å²) in [6.45, 7) is 3.90. The third-order valence-electron chi connectivity index (χ3n) is 3.67. The quantitative estimate of drug-likeness (QED) is 0.609. The van der Waals surface area contributed by atoms with Crippen LogP contribution in [0.4, 0.5) is 23.3 Å². The number of sulfone groups is 1. The van der Waals surface area contributed by atoms with Crippen molar-refractivity contribution in [3.63, 3.8) is 0 Å². The van der Waals surface area contributed by atoms with Gasteiger partial charge in [0.1, 0.15) is 5.82 Å². The summed E-state index contributed by atoms with van der Waals surface area (Å²) in [7, 11) is -3.27. The molecule has 3 N–H and O–H groups in total. The van der Waals surface area contributed by atoms with Gasteiger partial charge in [0.05, 0.1) is 4.90 Å². The zero-order valence-electron chi connectivity index (χ0n) is 14.4. The molecule has 0 saturated heterocycles. The molecule has 0 aliphatic carbocycles. The molecule has 0 fully saturated rings. The molecule has 3 rings (SSSR count). The molecular weight excluding hydrogens is 376 g/mol. The van der Waals surface area contributed by atoms with E-state index in [4.69, 9.17) is 0 Å². The maximum Gasteiger partial charge on any atom is 0.229 e. The van der Waals surface area contributed by atoms with Crippen molar-refractivity contribution in [2.75, 3.05) is 16.9 Å². The summed E-state index contributed by atoms with van der Waals surface area (Å²) in [5, 5.41) is 13.2. The Morgan fingerprint density at radius 1 is 1.12 bits per heavy atom. The first kappa shape index (κ1) is 19.7. The van der Waals surface area contributed by atoms with Crippen molar-refractivity contribution in [1.29, 1.82) is 0 Å².